The molecule has 24 heavy (non-hydrogen) atoms. The molecule has 0 aliphatic rings. The van der Waals surface area contributed by atoms with E-state index in [2.05, 4.69) is 16.7 Å². The van der Waals surface area contributed by atoms with Crippen LogP contribution in [-0.2, 0) is 0 Å². The topological polar surface area (TPSA) is 64.9 Å². The van der Waals surface area contributed by atoms with Gasteiger partial charge in [-0.3, -0.25) is 4.79 Å². The minimum atomic E-state index is -0.147. The van der Waals surface area contributed by atoms with Crippen molar-refractivity contribution >= 4 is 23.0 Å². The zero-order chi connectivity index (χ0) is 16.8. The average Bonchev–Trinajstić information content (AvgIpc) is 2.64. The fourth-order valence-electron chi connectivity index (χ4n) is 2.27. The lowest BCUT2D eigenvalue weighted by atomic mass is 10.2. The second-order valence-electron chi connectivity index (χ2n) is 5.18. The third-order valence-corrected chi connectivity index (χ3v) is 3.51. The first kappa shape index (κ1) is 15.3. The van der Waals surface area contributed by atoms with Crippen molar-refractivity contribution in [2.75, 3.05) is 10.6 Å². The summed E-state index contributed by atoms with van der Waals surface area (Å²) in [6.07, 6.45) is 0. The predicted octanol–water partition coefficient (Wildman–Crippen LogP) is 4.55. The van der Waals surface area contributed by atoms with Crippen molar-refractivity contribution in [3.05, 3.63) is 90.0 Å². The lowest BCUT2D eigenvalue weighted by Crippen LogP contribution is -2.11. The first-order valence-corrected chi connectivity index (χ1v) is 7.49. The Balaban J connectivity index is 1.70. The van der Waals surface area contributed by atoms with Crippen LogP contribution in [0.1, 0.15) is 15.9 Å². The summed E-state index contributed by atoms with van der Waals surface area (Å²) < 4.78 is 0. The Kier molecular flexibility index (Phi) is 4.55. The molecule has 0 radical (unpaired) electrons. The molecule has 2 N–H and O–H groups in total. The summed E-state index contributed by atoms with van der Waals surface area (Å²) in [7, 11) is 0. The van der Waals surface area contributed by atoms with E-state index in [1.165, 1.54) is 0 Å². The van der Waals surface area contributed by atoms with Crippen LogP contribution in [0.15, 0.2) is 78.9 Å². The van der Waals surface area contributed by atoms with E-state index in [1.54, 1.807) is 18.2 Å². The highest BCUT2D eigenvalue weighted by Gasteiger charge is 2.05. The normalized spacial score (nSPS) is 9.79. The zero-order valence-electron chi connectivity index (χ0n) is 12.9. The van der Waals surface area contributed by atoms with Crippen LogP contribution in [0.4, 0.5) is 17.1 Å². The van der Waals surface area contributed by atoms with Crippen LogP contribution in [0, 0.1) is 11.3 Å². The van der Waals surface area contributed by atoms with E-state index in [0.717, 1.165) is 11.4 Å². The van der Waals surface area contributed by atoms with Gasteiger partial charge in [0.15, 0.2) is 0 Å². The van der Waals surface area contributed by atoms with Gasteiger partial charge >= 0.3 is 0 Å². The largest absolute Gasteiger partial charge is 0.354 e. The molecule has 3 aromatic carbocycles. The quantitative estimate of drug-likeness (QED) is 0.742. The number of carbonyl (C=O) groups is 1. The number of rotatable bonds is 4. The molecule has 0 unspecified atom stereocenters. The van der Waals surface area contributed by atoms with Gasteiger partial charge in [-0.2, -0.15) is 5.26 Å². The Morgan fingerprint density at radius 1 is 0.792 bits per heavy atom. The maximum Gasteiger partial charge on any atom is 0.255 e. The molecule has 1 amide bonds. The van der Waals surface area contributed by atoms with Crippen molar-refractivity contribution < 1.29 is 4.79 Å². The van der Waals surface area contributed by atoms with E-state index in [1.807, 2.05) is 60.7 Å². The third kappa shape index (κ3) is 3.60. The number of para-hydroxylation sites is 1. The van der Waals surface area contributed by atoms with E-state index in [0.29, 0.717) is 16.8 Å². The lowest BCUT2D eigenvalue weighted by Gasteiger charge is -2.10. The van der Waals surface area contributed by atoms with Crippen molar-refractivity contribution in [1.29, 1.82) is 5.26 Å². The van der Waals surface area contributed by atoms with Gasteiger partial charge in [0, 0.05) is 16.9 Å². The fourth-order valence-corrected chi connectivity index (χ4v) is 2.27. The van der Waals surface area contributed by atoms with Crippen molar-refractivity contribution in [3.63, 3.8) is 0 Å². The number of hydrogen-bond donors (Lipinski definition) is 2. The molecule has 3 rings (SSSR count). The van der Waals surface area contributed by atoms with Gasteiger partial charge in [-0.1, -0.05) is 30.3 Å². The average molecular weight is 313 g/mol. The fraction of sp³-hybridized carbons (Fsp3) is 0. The maximum atomic E-state index is 12.1. The number of benzene rings is 3. The van der Waals surface area contributed by atoms with E-state index in [-0.39, 0.29) is 5.91 Å². The summed E-state index contributed by atoms with van der Waals surface area (Å²) in [5.74, 6) is -0.147. The van der Waals surface area contributed by atoms with Gasteiger partial charge in [-0.15, -0.1) is 0 Å². The Hall–Kier alpha value is -3.58. The molecule has 116 valence electrons. The second kappa shape index (κ2) is 7.12. The molecule has 3 aromatic rings. The summed E-state index contributed by atoms with van der Waals surface area (Å²) in [5.41, 5.74) is 3.50. The molecule has 0 aliphatic heterocycles. The number of nitrogens with zero attached hydrogens (tertiary/aromatic N) is 1. The molecule has 0 heterocycles. The van der Waals surface area contributed by atoms with Gasteiger partial charge in [0.1, 0.15) is 6.07 Å². The number of anilines is 3. The summed E-state index contributed by atoms with van der Waals surface area (Å²) >= 11 is 0. The van der Waals surface area contributed by atoms with E-state index < -0.39 is 0 Å². The van der Waals surface area contributed by atoms with Gasteiger partial charge in [0.25, 0.3) is 5.91 Å². The van der Waals surface area contributed by atoms with Gasteiger partial charge in [0.05, 0.1) is 11.3 Å². The summed E-state index contributed by atoms with van der Waals surface area (Å²) in [6, 6.07) is 25.9. The van der Waals surface area contributed by atoms with Gasteiger partial charge in [-0.05, 0) is 48.5 Å². The zero-order valence-corrected chi connectivity index (χ0v) is 12.9. The Morgan fingerprint density at radius 3 is 2.12 bits per heavy atom. The molecule has 0 atom stereocenters. The van der Waals surface area contributed by atoms with Crippen LogP contribution >= 0.6 is 0 Å². The van der Waals surface area contributed by atoms with Crippen LogP contribution in [0.5, 0.6) is 0 Å². The first-order chi connectivity index (χ1) is 11.8. The molecule has 0 fully saturated rings. The molecule has 0 aromatic heterocycles. The first-order valence-electron chi connectivity index (χ1n) is 7.49. The van der Waals surface area contributed by atoms with Gasteiger partial charge in [-0.25, -0.2) is 0 Å². The summed E-state index contributed by atoms with van der Waals surface area (Å²) in [5, 5.41) is 15.2. The van der Waals surface area contributed by atoms with E-state index in [4.69, 9.17) is 5.26 Å². The smallest absolute Gasteiger partial charge is 0.255 e. The number of nitrogens with one attached hydrogen (secondary N) is 2. The highest BCUT2D eigenvalue weighted by atomic mass is 16.1. The van der Waals surface area contributed by atoms with Crippen LogP contribution in [0.25, 0.3) is 0 Å². The molecule has 0 bridgehead atoms. The second-order valence-corrected chi connectivity index (χ2v) is 5.18. The highest BCUT2D eigenvalue weighted by Crippen LogP contribution is 2.22. The van der Waals surface area contributed by atoms with Gasteiger partial charge in [0.2, 0.25) is 0 Å². The molecular weight excluding hydrogens is 298 g/mol. The SMILES string of the molecule is N#Cc1ccccc1Nc1ccc(NC(=O)c2ccccc2)cc1. The van der Waals surface area contributed by atoms with Crippen molar-refractivity contribution in [3.8, 4) is 6.07 Å². The number of amides is 1. The van der Waals surface area contributed by atoms with Crippen LogP contribution in [-0.4, -0.2) is 5.91 Å². The Labute approximate surface area is 140 Å². The van der Waals surface area contributed by atoms with E-state index >= 15 is 0 Å². The number of hydrogen-bond acceptors (Lipinski definition) is 3. The molecular formula is C20H15N3O. The summed E-state index contributed by atoms with van der Waals surface area (Å²) in [6.45, 7) is 0. The predicted molar refractivity (Wildman–Crippen MR) is 95.3 cm³/mol. The van der Waals surface area contributed by atoms with Crippen LogP contribution in [0.2, 0.25) is 0 Å². The standard InChI is InChI=1S/C20H15N3O/c21-14-16-8-4-5-9-19(16)22-17-10-12-18(13-11-17)23-20(24)15-6-2-1-3-7-15/h1-13,22H,(H,23,24). The molecule has 0 aliphatic carbocycles. The van der Waals surface area contributed by atoms with Gasteiger partial charge < -0.3 is 10.6 Å². The molecule has 4 nitrogen and oxygen atoms in total. The lowest BCUT2D eigenvalue weighted by molar-refractivity contribution is 0.102. The van der Waals surface area contributed by atoms with Crippen LogP contribution < -0.4 is 10.6 Å². The molecule has 0 saturated heterocycles. The van der Waals surface area contributed by atoms with Crippen molar-refractivity contribution in [2.24, 2.45) is 0 Å². The highest BCUT2D eigenvalue weighted by molar-refractivity contribution is 6.04. The summed E-state index contributed by atoms with van der Waals surface area (Å²) in [4.78, 5) is 12.1. The Morgan fingerprint density at radius 2 is 1.42 bits per heavy atom. The van der Waals surface area contributed by atoms with Crippen molar-refractivity contribution in [2.45, 2.75) is 0 Å². The monoisotopic (exact) mass is 313 g/mol. The van der Waals surface area contributed by atoms with Crippen LogP contribution in [0.3, 0.4) is 0 Å². The number of nitriles is 1. The third-order valence-electron chi connectivity index (χ3n) is 3.51. The minimum Gasteiger partial charge on any atom is -0.354 e. The Bertz CT molecular complexity index is 881. The molecule has 0 spiro atoms. The van der Waals surface area contributed by atoms with E-state index in [9.17, 15) is 4.79 Å². The molecule has 0 saturated carbocycles. The minimum absolute atomic E-state index is 0.147. The maximum absolute atomic E-state index is 12.1. The number of carbonyl (C=O) groups excluding carboxylic acids is 1. The molecule has 4 heteroatoms. The van der Waals surface area contributed by atoms with Crippen molar-refractivity contribution in [1.82, 2.24) is 0 Å².